The van der Waals surface area contributed by atoms with Crippen molar-refractivity contribution in [3.63, 3.8) is 0 Å². The van der Waals surface area contributed by atoms with Crippen molar-refractivity contribution in [2.75, 3.05) is 18.8 Å². The highest BCUT2D eigenvalue weighted by molar-refractivity contribution is 7.99. The van der Waals surface area contributed by atoms with Gasteiger partial charge in [0.15, 0.2) is 5.16 Å². The number of thioether (sulfide) groups is 1. The van der Waals surface area contributed by atoms with Crippen molar-refractivity contribution in [2.24, 2.45) is 0 Å². The maximum atomic E-state index is 4.12. The molecule has 1 rings (SSSR count). The van der Waals surface area contributed by atoms with Gasteiger partial charge in [-0.25, -0.2) is 4.98 Å². The van der Waals surface area contributed by atoms with Crippen molar-refractivity contribution in [3.8, 4) is 0 Å². The van der Waals surface area contributed by atoms with Crippen molar-refractivity contribution in [3.05, 3.63) is 12.4 Å². The zero-order chi connectivity index (χ0) is 8.65. The SMILES string of the molecule is CCNCCCSc1ncc[nH]1. The first kappa shape index (κ1) is 9.61. The number of aromatic nitrogens is 2. The molecule has 0 bridgehead atoms. The summed E-state index contributed by atoms with van der Waals surface area (Å²) in [6.07, 6.45) is 4.83. The second-order valence-corrected chi connectivity index (χ2v) is 3.53. The van der Waals surface area contributed by atoms with Gasteiger partial charge in [0.1, 0.15) is 0 Å². The summed E-state index contributed by atoms with van der Waals surface area (Å²) in [6, 6.07) is 0. The second kappa shape index (κ2) is 6.08. The summed E-state index contributed by atoms with van der Waals surface area (Å²) in [6.45, 7) is 4.29. The Morgan fingerprint density at radius 1 is 1.67 bits per heavy atom. The maximum absolute atomic E-state index is 4.12. The molecule has 3 nitrogen and oxygen atoms in total. The minimum Gasteiger partial charge on any atom is -0.340 e. The first-order valence-corrected chi connectivity index (χ1v) is 5.25. The van der Waals surface area contributed by atoms with Crippen LogP contribution in [0.4, 0.5) is 0 Å². The molecular weight excluding hydrogens is 170 g/mol. The summed E-state index contributed by atoms with van der Waals surface area (Å²) in [5.74, 6) is 1.13. The fourth-order valence-corrected chi connectivity index (χ4v) is 1.64. The molecule has 0 aliphatic rings. The lowest BCUT2D eigenvalue weighted by atomic mass is 10.5. The molecule has 0 atom stereocenters. The Morgan fingerprint density at radius 3 is 3.25 bits per heavy atom. The normalized spacial score (nSPS) is 10.4. The molecule has 12 heavy (non-hydrogen) atoms. The Labute approximate surface area is 77.4 Å². The van der Waals surface area contributed by atoms with Crippen LogP contribution in [0.25, 0.3) is 0 Å². The molecule has 0 unspecified atom stereocenters. The highest BCUT2D eigenvalue weighted by Gasteiger charge is 1.93. The van der Waals surface area contributed by atoms with Crippen LogP contribution in [0.2, 0.25) is 0 Å². The van der Waals surface area contributed by atoms with Crippen LogP contribution in [0.3, 0.4) is 0 Å². The van der Waals surface area contributed by atoms with Crippen molar-refractivity contribution in [1.29, 1.82) is 0 Å². The molecule has 0 saturated carbocycles. The lowest BCUT2D eigenvalue weighted by molar-refractivity contribution is 0.707. The molecule has 1 aromatic heterocycles. The monoisotopic (exact) mass is 185 g/mol. The van der Waals surface area contributed by atoms with E-state index in [1.807, 2.05) is 6.20 Å². The van der Waals surface area contributed by atoms with Crippen LogP contribution in [-0.4, -0.2) is 28.8 Å². The third-order valence-electron chi connectivity index (χ3n) is 1.46. The van der Waals surface area contributed by atoms with E-state index in [1.165, 1.54) is 6.42 Å². The lowest BCUT2D eigenvalue weighted by Gasteiger charge is -1.99. The highest BCUT2D eigenvalue weighted by atomic mass is 32.2. The first-order chi connectivity index (χ1) is 5.93. The third-order valence-corrected chi connectivity index (χ3v) is 2.45. The predicted molar refractivity (Wildman–Crippen MR) is 52.5 cm³/mol. The van der Waals surface area contributed by atoms with Gasteiger partial charge in [0.2, 0.25) is 0 Å². The Balaban J connectivity index is 1.96. The number of nitrogens with zero attached hydrogens (tertiary/aromatic N) is 1. The van der Waals surface area contributed by atoms with Crippen molar-refractivity contribution >= 4 is 11.8 Å². The van der Waals surface area contributed by atoms with E-state index >= 15 is 0 Å². The molecule has 68 valence electrons. The Hall–Kier alpha value is -0.480. The molecule has 0 fully saturated rings. The molecule has 1 aromatic rings. The lowest BCUT2D eigenvalue weighted by Crippen LogP contribution is -2.14. The summed E-state index contributed by atoms with van der Waals surface area (Å²) in [7, 11) is 0. The Morgan fingerprint density at radius 2 is 2.58 bits per heavy atom. The predicted octanol–water partition coefficient (Wildman–Crippen LogP) is 1.50. The summed E-state index contributed by atoms with van der Waals surface area (Å²) in [5.41, 5.74) is 0. The molecule has 0 aliphatic heterocycles. The molecule has 0 spiro atoms. The fraction of sp³-hybridized carbons (Fsp3) is 0.625. The van der Waals surface area contributed by atoms with Crippen molar-refractivity contribution in [1.82, 2.24) is 15.3 Å². The zero-order valence-corrected chi connectivity index (χ0v) is 8.16. The van der Waals surface area contributed by atoms with Crippen LogP contribution in [0.1, 0.15) is 13.3 Å². The number of H-pyrrole nitrogens is 1. The molecule has 0 amide bonds. The van der Waals surface area contributed by atoms with Gasteiger partial charge in [-0.05, 0) is 19.5 Å². The van der Waals surface area contributed by atoms with Crippen LogP contribution in [-0.2, 0) is 0 Å². The summed E-state index contributed by atoms with van der Waals surface area (Å²) in [4.78, 5) is 7.18. The average Bonchev–Trinajstić information content (AvgIpc) is 2.57. The fourth-order valence-electron chi connectivity index (χ4n) is 0.873. The second-order valence-electron chi connectivity index (χ2n) is 2.45. The molecule has 2 N–H and O–H groups in total. The van der Waals surface area contributed by atoms with Crippen LogP contribution in [0.5, 0.6) is 0 Å². The standard InChI is InChI=1S/C8H15N3S/c1-2-9-4-3-7-12-8-10-5-6-11-8/h5-6,9H,2-4,7H2,1H3,(H,10,11). The average molecular weight is 185 g/mol. The van der Waals surface area contributed by atoms with Gasteiger partial charge in [0, 0.05) is 18.1 Å². The van der Waals surface area contributed by atoms with Crippen LogP contribution < -0.4 is 5.32 Å². The van der Waals surface area contributed by atoms with Crippen molar-refractivity contribution in [2.45, 2.75) is 18.5 Å². The highest BCUT2D eigenvalue weighted by Crippen LogP contribution is 2.11. The van der Waals surface area contributed by atoms with E-state index in [0.717, 1.165) is 24.0 Å². The van der Waals surface area contributed by atoms with E-state index < -0.39 is 0 Å². The smallest absolute Gasteiger partial charge is 0.165 e. The van der Waals surface area contributed by atoms with Crippen molar-refractivity contribution < 1.29 is 0 Å². The molecule has 0 aromatic carbocycles. The minimum atomic E-state index is 1.02. The van der Waals surface area contributed by atoms with Crippen LogP contribution in [0.15, 0.2) is 17.6 Å². The van der Waals surface area contributed by atoms with E-state index in [9.17, 15) is 0 Å². The van der Waals surface area contributed by atoms with Crippen LogP contribution >= 0.6 is 11.8 Å². The van der Waals surface area contributed by atoms with Gasteiger partial charge < -0.3 is 10.3 Å². The van der Waals surface area contributed by atoms with Gasteiger partial charge in [-0.3, -0.25) is 0 Å². The van der Waals surface area contributed by atoms with Gasteiger partial charge in [-0.1, -0.05) is 18.7 Å². The van der Waals surface area contributed by atoms with Crippen LogP contribution in [0, 0.1) is 0 Å². The number of rotatable bonds is 6. The number of nitrogens with one attached hydrogen (secondary N) is 2. The van der Waals surface area contributed by atoms with Gasteiger partial charge in [-0.15, -0.1) is 0 Å². The molecular formula is C8H15N3S. The number of hydrogen-bond acceptors (Lipinski definition) is 3. The van der Waals surface area contributed by atoms with E-state index in [4.69, 9.17) is 0 Å². The topological polar surface area (TPSA) is 40.7 Å². The van der Waals surface area contributed by atoms with E-state index in [0.29, 0.717) is 0 Å². The molecule has 1 heterocycles. The van der Waals surface area contributed by atoms with E-state index in [-0.39, 0.29) is 0 Å². The molecule has 0 aliphatic carbocycles. The molecule has 0 radical (unpaired) electrons. The zero-order valence-electron chi connectivity index (χ0n) is 7.34. The van der Waals surface area contributed by atoms with Gasteiger partial charge in [0.05, 0.1) is 0 Å². The number of imidazole rings is 1. The van der Waals surface area contributed by atoms with E-state index in [1.54, 1.807) is 18.0 Å². The molecule has 4 heteroatoms. The first-order valence-electron chi connectivity index (χ1n) is 4.26. The Kier molecular flexibility index (Phi) is 4.87. The van der Waals surface area contributed by atoms with E-state index in [2.05, 4.69) is 22.2 Å². The number of aromatic amines is 1. The maximum Gasteiger partial charge on any atom is 0.165 e. The largest absolute Gasteiger partial charge is 0.340 e. The number of hydrogen-bond donors (Lipinski definition) is 2. The summed E-state index contributed by atoms with van der Waals surface area (Å²) >= 11 is 1.77. The minimum absolute atomic E-state index is 1.02. The summed E-state index contributed by atoms with van der Waals surface area (Å²) < 4.78 is 0. The quantitative estimate of drug-likeness (QED) is 0.521. The summed E-state index contributed by atoms with van der Waals surface area (Å²) in [5, 5.41) is 4.30. The third kappa shape index (κ3) is 3.78. The van der Waals surface area contributed by atoms with Gasteiger partial charge >= 0.3 is 0 Å². The van der Waals surface area contributed by atoms with Gasteiger partial charge in [0.25, 0.3) is 0 Å². The van der Waals surface area contributed by atoms with Gasteiger partial charge in [-0.2, -0.15) is 0 Å². The molecule has 0 saturated heterocycles. The Bertz CT molecular complexity index is 186.